The Morgan fingerprint density at radius 1 is 0.526 bits per heavy atom. The van der Waals surface area contributed by atoms with Crippen LogP contribution < -0.4 is 9.47 Å². The molecule has 0 amide bonds. The smallest absolute Gasteiger partial charge is 0.169 e. The van der Waals surface area contributed by atoms with Crippen molar-refractivity contribution >= 4 is 17.8 Å². The predicted molar refractivity (Wildman–Crippen MR) is 170 cm³/mol. The van der Waals surface area contributed by atoms with E-state index in [1.54, 1.807) is 0 Å². The fourth-order valence-corrected chi connectivity index (χ4v) is 5.21. The van der Waals surface area contributed by atoms with Crippen molar-refractivity contribution in [3.05, 3.63) is 59.9 Å². The van der Waals surface area contributed by atoms with E-state index in [0.717, 1.165) is 6.54 Å². The van der Waals surface area contributed by atoms with Gasteiger partial charge in [-0.3, -0.25) is 0 Å². The molecule has 1 heterocycles. The lowest BCUT2D eigenvalue weighted by Crippen LogP contribution is -2.25. The summed E-state index contributed by atoms with van der Waals surface area (Å²) in [6.45, 7) is 3.45. The molecule has 0 bridgehead atoms. The molecular formula is C36H59N2+. The molecule has 0 saturated carbocycles. The van der Waals surface area contributed by atoms with Crippen LogP contribution >= 0.6 is 0 Å². The Kier molecular flexibility index (Phi) is 18.4. The fourth-order valence-electron chi connectivity index (χ4n) is 5.21. The zero-order valence-corrected chi connectivity index (χ0v) is 25.3. The lowest BCUT2D eigenvalue weighted by atomic mass is 10.0. The van der Waals surface area contributed by atoms with Gasteiger partial charge < -0.3 is 4.90 Å². The van der Waals surface area contributed by atoms with Crippen LogP contribution in [0.5, 0.6) is 0 Å². The standard InChI is InChI=1S/C36H59N2/c1-4-5-6-7-8-9-10-11-12-13-14-15-16-17-18-19-20-21-22-31-38(3)36-27-25-34(26-28-36)23-24-35-29-32-37(2)33-30-35/h23-30,32-33H,4-22,31H2,1-3H3/q+1. The molecule has 0 aliphatic carbocycles. The van der Waals surface area contributed by atoms with Crippen LogP contribution in [0.4, 0.5) is 5.69 Å². The van der Waals surface area contributed by atoms with E-state index in [9.17, 15) is 0 Å². The highest BCUT2D eigenvalue weighted by Crippen LogP contribution is 2.18. The van der Waals surface area contributed by atoms with E-state index in [-0.39, 0.29) is 0 Å². The Morgan fingerprint density at radius 2 is 0.895 bits per heavy atom. The van der Waals surface area contributed by atoms with Crippen LogP contribution in [0.2, 0.25) is 0 Å². The van der Waals surface area contributed by atoms with Gasteiger partial charge in [-0.15, -0.1) is 0 Å². The second kappa shape index (κ2) is 21.8. The minimum absolute atomic E-state index is 1.15. The fraction of sp³-hybridized carbons (Fsp3) is 0.639. The first kappa shape index (κ1) is 32.1. The molecule has 0 N–H and O–H groups in total. The Labute approximate surface area is 236 Å². The van der Waals surface area contributed by atoms with Crippen molar-refractivity contribution in [1.29, 1.82) is 0 Å². The van der Waals surface area contributed by atoms with Gasteiger partial charge in [0.1, 0.15) is 7.05 Å². The van der Waals surface area contributed by atoms with E-state index in [4.69, 9.17) is 0 Å². The SMILES string of the molecule is CCCCCCCCCCCCCCCCCCCCCN(C)c1ccc(/C=C/c2cc[n+](C)cc2)cc1. The number of rotatable bonds is 23. The van der Waals surface area contributed by atoms with E-state index >= 15 is 0 Å². The predicted octanol–water partition coefficient (Wildman–Crippen LogP) is 10.5. The van der Waals surface area contributed by atoms with Crippen molar-refractivity contribution in [3.63, 3.8) is 0 Å². The Bertz CT molecular complexity index is 821. The molecule has 2 aromatic rings. The van der Waals surface area contributed by atoms with Crippen LogP contribution in [0.1, 0.15) is 140 Å². The van der Waals surface area contributed by atoms with Gasteiger partial charge in [-0.05, 0) is 29.7 Å². The second-order valence-corrected chi connectivity index (χ2v) is 11.5. The first-order valence-corrected chi connectivity index (χ1v) is 16.1. The highest BCUT2D eigenvalue weighted by atomic mass is 15.1. The van der Waals surface area contributed by atoms with Gasteiger partial charge in [-0.25, -0.2) is 4.57 Å². The number of aryl methyl sites for hydroxylation is 1. The lowest BCUT2D eigenvalue weighted by molar-refractivity contribution is -0.671. The maximum atomic E-state index is 2.40. The molecule has 1 aromatic heterocycles. The van der Waals surface area contributed by atoms with E-state index in [1.165, 1.54) is 139 Å². The Balaban J connectivity index is 1.38. The highest BCUT2D eigenvalue weighted by molar-refractivity contribution is 5.70. The molecule has 1 aromatic carbocycles. The molecular weight excluding hydrogens is 460 g/mol. The number of unbranched alkanes of at least 4 members (excludes halogenated alkanes) is 18. The van der Waals surface area contributed by atoms with Gasteiger partial charge in [-0.1, -0.05) is 147 Å². The van der Waals surface area contributed by atoms with Crippen molar-refractivity contribution in [3.8, 4) is 0 Å². The van der Waals surface area contributed by atoms with E-state index < -0.39 is 0 Å². The summed E-state index contributed by atoms with van der Waals surface area (Å²) in [5.41, 5.74) is 3.80. The molecule has 0 fully saturated rings. The number of anilines is 1. The van der Waals surface area contributed by atoms with Gasteiger partial charge in [0.05, 0.1) is 0 Å². The molecule has 0 radical (unpaired) electrons. The van der Waals surface area contributed by atoms with Crippen LogP contribution in [-0.2, 0) is 7.05 Å². The zero-order chi connectivity index (χ0) is 27.1. The minimum Gasteiger partial charge on any atom is -0.375 e. The molecule has 2 nitrogen and oxygen atoms in total. The van der Waals surface area contributed by atoms with Crippen molar-refractivity contribution in [2.45, 2.75) is 129 Å². The van der Waals surface area contributed by atoms with Gasteiger partial charge in [0.15, 0.2) is 12.4 Å². The topological polar surface area (TPSA) is 7.12 Å². The average molecular weight is 520 g/mol. The summed E-state index contributed by atoms with van der Waals surface area (Å²) < 4.78 is 2.06. The molecule has 0 unspecified atom stereocenters. The second-order valence-electron chi connectivity index (χ2n) is 11.5. The molecule has 2 rings (SSSR count). The average Bonchev–Trinajstić information content (AvgIpc) is 2.94. The van der Waals surface area contributed by atoms with Crippen LogP contribution in [0, 0.1) is 0 Å². The zero-order valence-electron chi connectivity index (χ0n) is 25.3. The minimum atomic E-state index is 1.15. The maximum absolute atomic E-state index is 2.40. The molecule has 0 saturated heterocycles. The van der Waals surface area contributed by atoms with Crippen LogP contribution in [0.25, 0.3) is 12.2 Å². The monoisotopic (exact) mass is 519 g/mol. The third-order valence-corrected chi connectivity index (χ3v) is 7.90. The number of hydrogen-bond acceptors (Lipinski definition) is 1. The summed E-state index contributed by atoms with van der Waals surface area (Å²) in [4.78, 5) is 2.40. The Morgan fingerprint density at radius 3 is 1.32 bits per heavy atom. The largest absolute Gasteiger partial charge is 0.375 e. The summed E-state index contributed by atoms with van der Waals surface area (Å²) in [5.74, 6) is 0. The molecule has 2 heteroatoms. The number of aromatic nitrogens is 1. The normalized spacial score (nSPS) is 11.4. The molecule has 0 atom stereocenters. The summed E-state index contributed by atoms with van der Waals surface area (Å²) >= 11 is 0. The van der Waals surface area contributed by atoms with Gasteiger partial charge in [0.2, 0.25) is 0 Å². The summed E-state index contributed by atoms with van der Waals surface area (Å²) in [5, 5.41) is 0. The third-order valence-electron chi connectivity index (χ3n) is 7.90. The molecule has 0 aliphatic rings. The summed E-state index contributed by atoms with van der Waals surface area (Å²) in [6.07, 6.45) is 35.8. The number of hydrogen-bond donors (Lipinski definition) is 0. The first-order chi connectivity index (χ1) is 18.7. The molecule has 212 valence electrons. The maximum Gasteiger partial charge on any atom is 0.169 e. The highest BCUT2D eigenvalue weighted by Gasteiger charge is 2.01. The van der Waals surface area contributed by atoms with Gasteiger partial charge in [0, 0.05) is 31.4 Å². The van der Waals surface area contributed by atoms with Crippen molar-refractivity contribution in [1.82, 2.24) is 0 Å². The number of pyridine rings is 1. The van der Waals surface area contributed by atoms with E-state index in [2.05, 4.69) is 84.4 Å². The summed E-state index contributed by atoms with van der Waals surface area (Å²) in [7, 11) is 4.27. The van der Waals surface area contributed by atoms with Crippen molar-refractivity contribution < 1.29 is 4.57 Å². The molecule has 38 heavy (non-hydrogen) atoms. The van der Waals surface area contributed by atoms with Crippen LogP contribution in [0.15, 0.2) is 48.8 Å². The van der Waals surface area contributed by atoms with Gasteiger partial charge in [0.25, 0.3) is 0 Å². The van der Waals surface area contributed by atoms with E-state index in [0.29, 0.717) is 0 Å². The van der Waals surface area contributed by atoms with Crippen LogP contribution in [-0.4, -0.2) is 13.6 Å². The quantitative estimate of drug-likeness (QED) is 0.105. The van der Waals surface area contributed by atoms with Crippen molar-refractivity contribution in [2.24, 2.45) is 7.05 Å². The number of nitrogens with zero attached hydrogens (tertiary/aromatic N) is 2. The van der Waals surface area contributed by atoms with Crippen LogP contribution in [0.3, 0.4) is 0 Å². The first-order valence-electron chi connectivity index (χ1n) is 16.1. The molecule has 0 aliphatic heterocycles. The van der Waals surface area contributed by atoms with Crippen molar-refractivity contribution in [2.75, 3.05) is 18.5 Å². The molecule has 0 spiro atoms. The Hall–Kier alpha value is -2.09. The van der Waals surface area contributed by atoms with E-state index in [1.807, 2.05) is 7.05 Å². The van der Waals surface area contributed by atoms with Gasteiger partial charge in [-0.2, -0.15) is 0 Å². The van der Waals surface area contributed by atoms with Gasteiger partial charge >= 0.3 is 0 Å². The number of benzene rings is 1. The third kappa shape index (κ3) is 16.0. The summed E-state index contributed by atoms with van der Waals surface area (Å²) in [6, 6.07) is 13.2. The lowest BCUT2D eigenvalue weighted by Gasteiger charge is -2.19.